The van der Waals surface area contributed by atoms with Gasteiger partial charge in [0, 0.05) is 13.1 Å². The highest BCUT2D eigenvalue weighted by atomic mass is 16.5. The van der Waals surface area contributed by atoms with Crippen molar-refractivity contribution in [1.29, 1.82) is 0 Å². The Bertz CT molecular complexity index is 182. The first-order chi connectivity index (χ1) is 6.09. The van der Waals surface area contributed by atoms with Crippen LogP contribution in [0.3, 0.4) is 0 Å². The number of morpholine rings is 1. The maximum absolute atomic E-state index is 10.4. The summed E-state index contributed by atoms with van der Waals surface area (Å²) in [6, 6.07) is 0. The molecule has 1 aliphatic heterocycles. The first-order valence-electron chi connectivity index (χ1n) is 4.67. The van der Waals surface area contributed by atoms with Crippen molar-refractivity contribution in [3.63, 3.8) is 0 Å². The lowest BCUT2D eigenvalue weighted by atomic mass is 10.0. The van der Waals surface area contributed by atoms with Gasteiger partial charge in [-0.3, -0.25) is 4.79 Å². The molecule has 4 heteroatoms. The van der Waals surface area contributed by atoms with E-state index < -0.39 is 5.97 Å². The maximum atomic E-state index is 10.4. The second-order valence-corrected chi connectivity index (χ2v) is 3.80. The Morgan fingerprint density at radius 1 is 1.62 bits per heavy atom. The molecule has 0 aromatic carbocycles. The molecule has 4 nitrogen and oxygen atoms in total. The molecule has 1 rings (SSSR count). The summed E-state index contributed by atoms with van der Waals surface area (Å²) in [5.41, 5.74) is 0. The Morgan fingerprint density at radius 3 is 2.85 bits per heavy atom. The molecular weight excluding hydrogens is 170 g/mol. The lowest BCUT2D eigenvalue weighted by Gasteiger charge is -2.32. The van der Waals surface area contributed by atoms with Crippen molar-refractivity contribution >= 4 is 5.97 Å². The van der Waals surface area contributed by atoms with E-state index in [1.807, 2.05) is 0 Å². The predicted octanol–water partition coefficient (Wildman–Crippen LogP) is 0.474. The number of nitrogens with one attached hydrogen (secondary N) is 1. The van der Waals surface area contributed by atoms with Gasteiger partial charge in [0.15, 0.2) is 0 Å². The Hall–Kier alpha value is -0.610. The van der Waals surface area contributed by atoms with Gasteiger partial charge in [0.25, 0.3) is 0 Å². The fraction of sp³-hybridized carbons (Fsp3) is 0.889. The third kappa shape index (κ3) is 3.32. The fourth-order valence-corrected chi connectivity index (χ4v) is 1.44. The van der Waals surface area contributed by atoms with Crippen LogP contribution in [0.5, 0.6) is 0 Å². The van der Waals surface area contributed by atoms with Gasteiger partial charge in [-0.1, -0.05) is 13.8 Å². The summed E-state index contributed by atoms with van der Waals surface area (Å²) in [4.78, 5) is 10.4. The summed E-state index contributed by atoms with van der Waals surface area (Å²) in [6.45, 7) is 5.63. The van der Waals surface area contributed by atoms with Crippen LogP contribution in [0.4, 0.5) is 0 Å². The van der Waals surface area contributed by atoms with Gasteiger partial charge in [-0.2, -0.15) is 0 Å². The van der Waals surface area contributed by atoms with E-state index >= 15 is 0 Å². The van der Waals surface area contributed by atoms with E-state index in [0.717, 1.165) is 6.54 Å². The lowest BCUT2D eigenvalue weighted by molar-refractivity contribution is -0.143. The Labute approximate surface area is 78.3 Å². The molecule has 1 fully saturated rings. The first kappa shape index (κ1) is 10.5. The van der Waals surface area contributed by atoms with Crippen molar-refractivity contribution in [2.75, 3.05) is 13.1 Å². The van der Waals surface area contributed by atoms with Crippen molar-refractivity contribution in [2.45, 2.75) is 32.5 Å². The maximum Gasteiger partial charge on any atom is 0.306 e. The fourth-order valence-electron chi connectivity index (χ4n) is 1.44. The van der Waals surface area contributed by atoms with E-state index in [-0.39, 0.29) is 18.6 Å². The standard InChI is InChI=1S/C9H17NO3/c1-6(2)8-5-10-4-7(13-8)3-9(11)12/h6-8,10H,3-5H2,1-2H3,(H,11,12). The zero-order valence-electron chi connectivity index (χ0n) is 8.12. The Morgan fingerprint density at radius 2 is 2.31 bits per heavy atom. The van der Waals surface area contributed by atoms with Crippen molar-refractivity contribution in [3.8, 4) is 0 Å². The largest absolute Gasteiger partial charge is 0.481 e. The van der Waals surface area contributed by atoms with Crippen LogP contribution in [-0.2, 0) is 9.53 Å². The van der Waals surface area contributed by atoms with Gasteiger partial charge in [-0.25, -0.2) is 0 Å². The average molecular weight is 187 g/mol. The molecule has 2 N–H and O–H groups in total. The minimum absolute atomic E-state index is 0.0935. The van der Waals surface area contributed by atoms with Gasteiger partial charge in [0.2, 0.25) is 0 Å². The van der Waals surface area contributed by atoms with Crippen molar-refractivity contribution < 1.29 is 14.6 Å². The molecule has 0 aromatic rings. The number of rotatable bonds is 3. The van der Waals surface area contributed by atoms with Crippen LogP contribution >= 0.6 is 0 Å². The molecule has 76 valence electrons. The third-order valence-electron chi connectivity index (χ3n) is 2.23. The zero-order valence-corrected chi connectivity index (χ0v) is 8.12. The van der Waals surface area contributed by atoms with Crippen molar-refractivity contribution in [2.24, 2.45) is 5.92 Å². The van der Waals surface area contributed by atoms with Crippen LogP contribution in [0.1, 0.15) is 20.3 Å². The molecule has 2 atom stereocenters. The summed E-state index contributed by atoms with van der Waals surface area (Å²) in [5, 5.41) is 11.8. The number of carbonyl (C=O) groups is 1. The predicted molar refractivity (Wildman–Crippen MR) is 48.6 cm³/mol. The van der Waals surface area contributed by atoms with Crippen LogP contribution in [-0.4, -0.2) is 36.4 Å². The number of aliphatic carboxylic acids is 1. The van der Waals surface area contributed by atoms with Gasteiger partial charge in [-0.15, -0.1) is 0 Å². The summed E-state index contributed by atoms with van der Waals surface area (Å²) < 4.78 is 5.62. The minimum Gasteiger partial charge on any atom is -0.481 e. The van der Waals surface area contributed by atoms with Crippen LogP contribution in [0.2, 0.25) is 0 Å². The zero-order chi connectivity index (χ0) is 9.84. The topological polar surface area (TPSA) is 58.6 Å². The summed E-state index contributed by atoms with van der Waals surface area (Å²) >= 11 is 0. The van der Waals surface area contributed by atoms with Crippen molar-refractivity contribution in [1.82, 2.24) is 5.32 Å². The number of carboxylic acid groups (broad SMARTS) is 1. The van der Waals surface area contributed by atoms with Crippen molar-refractivity contribution in [3.05, 3.63) is 0 Å². The SMILES string of the molecule is CC(C)C1CNCC(CC(=O)O)O1. The van der Waals surface area contributed by atoms with Gasteiger partial charge < -0.3 is 15.2 Å². The molecule has 0 amide bonds. The van der Waals surface area contributed by atoms with Crippen LogP contribution in [0.25, 0.3) is 0 Å². The van der Waals surface area contributed by atoms with E-state index in [1.165, 1.54) is 0 Å². The van der Waals surface area contributed by atoms with E-state index in [0.29, 0.717) is 12.5 Å². The van der Waals surface area contributed by atoms with E-state index in [9.17, 15) is 4.79 Å². The quantitative estimate of drug-likeness (QED) is 0.674. The first-order valence-corrected chi connectivity index (χ1v) is 4.67. The molecule has 1 saturated heterocycles. The number of hydrogen-bond acceptors (Lipinski definition) is 3. The molecule has 1 heterocycles. The van der Waals surface area contributed by atoms with E-state index in [2.05, 4.69) is 19.2 Å². The molecule has 13 heavy (non-hydrogen) atoms. The highest BCUT2D eigenvalue weighted by Crippen LogP contribution is 2.13. The van der Waals surface area contributed by atoms with Crippen LogP contribution in [0, 0.1) is 5.92 Å². The number of ether oxygens (including phenoxy) is 1. The Balaban J connectivity index is 2.37. The number of hydrogen-bond donors (Lipinski definition) is 2. The minimum atomic E-state index is -0.795. The molecule has 0 radical (unpaired) electrons. The van der Waals surface area contributed by atoms with Gasteiger partial charge >= 0.3 is 5.97 Å². The molecular formula is C9H17NO3. The van der Waals surface area contributed by atoms with E-state index in [4.69, 9.17) is 9.84 Å². The normalized spacial score (nSPS) is 29.2. The van der Waals surface area contributed by atoms with Gasteiger partial charge in [0.05, 0.1) is 18.6 Å². The monoisotopic (exact) mass is 187 g/mol. The van der Waals surface area contributed by atoms with Gasteiger partial charge in [-0.05, 0) is 5.92 Å². The third-order valence-corrected chi connectivity index (χ3v) is 2.23. The highest BCUT2D eigenvalue weighted by Gasteiger charge is 2.25. The summed E-state index contributed by atoms with van der Waals surface area (Å²) in [7, 11) is 0. The average Bonchev–Trinajstić information content (AvgIpc) is 2.03. The Kier molecular flexibility index (Phi) is 3.69. The number of carboxylic acids is 1. The lowest BCUT2D eigenvalue weighted by Crippen LogP contribution is -2.47. The molecule has 0 bridgehead atoms. The molecule has 0 aromatic heterocycles. The second kappa shape index (κ2) is 4.58. The highest BCUT2D eigenvalue weighted by molar-refractivity contribution is 5.67. The summed E-state index contributed by atoms with van der Waals surface area (Å²) in [6.07, 6.45) is 0.0766. The van der Waals surface area contributed by atoms with E-state index in [1.54, 1.807) is 0 Å². The molecule has 2 unspecified atom stereocenters. The molecule has 0 aliphatic carbocycles. The molecule has 0 spiro atoms. The van der Waals surface area contributed by atoms with Gasteiger partial charge in [0.1, 0.15) is 0 Å². The van der Waals surface area contributed by atoms with Crippen LogP contribution < -0.4 is 5.32 Å². The van der Waals surface area contributed by atoms with Crippen LogP contribution in [0.15, 0.2) is 0 Å². The second-order valence-electron chi connectivity index (χ2n) is 3.80. The molecule has 0 saturated carbocycles. The summed E-state index contributed by atoms with van der Waals surface area (Å²) in [5.74, 6) is -0.361. The molecule has 1 aliphatic rings. The smallest absolute Gasteiger partial charge is 0.306 e.